The number of nitrogens with one attached hydrogen (secondary N) is 2. The molecule has 0 radical (unpaired) electrons. The largest absolute Gasteiger partial charge is 0.370 e. The van der Waals surface area contributed by atoms with Crippen LogP contribution in [-0.4, -0.2) is 17.4 Å². The van der Waals surface area contributed by atoms with Crippen molar-refractivity contribution in [1.82, 2.24) is 4.98 Å². The maximum Gasteiger partial charge on any atom is 0.255 e. The van der Waals surface area contributed by atoms with Crippen LogP contribution >= 0.6 is 0 Å². The van der Waals surface area contributed by atoms with Crippen LogP contribution < -0.4 is 10.6 Å². The number of benzene rings is 1. The van der Waals surface area contributed by atoms with Crippen molar-refractivity contribution >= 4 is 17.4 Å². The van der Waals surface area contributed by atoms with Crippen molar-refractivity contribution in [3.63, 3.8) is 0 Å². The summed E-state index contributed by atoms with van der Waals surface area (Å²) in [5.74, 6) is -0.0218. The quantitative estimate of drug-likeness (QED) is 0.797. The monoisotopic (exact) mass is 287 g/mol. The van der Waals surface area contributed by atoms with Crippen LogP contribution in [0.15, 0.2) is 42.6 Å². The topological polar surface area (TPSA) is 54.0 Å². The van der Waals surface area contributed by atoms with Crippen LogP contribution in [0.2, 0.25) is 0 Å². The Morgan fingerprint density at radius 2 is 2.14 bits per heavy atom. The van der Waals surface area contributed by atoms with E-state index < -0.39 is 5.82 Å². The predicted octanol–water partition coefficient (Wildman–Crippen LogP) is 3.69. The van der Waals surface area contributed by atoms with Crippen LogP contribution in [0.25, 0.3) is 0 Å². The van der Waals surface area contributed by atoms with Gasteiger partial charge in [0, 0.05) is 12.1 Å². The highest BCUT2D eigenvalue weighted by molar-refractivity contribution is 6.04. The summed E-state index contributed by atoms with van der Waals surface area (Å²) in [5.41, 5.74) is 0.852. The van der Waals surface area contributed by atoms with E-state index in [1.807, 2.05) is 0 Å². The SMILES string of the molecule is CCCCNc1ccc(NC(=O)c2cccc(F)c2)cn1. The van der Waals surface area contributed by atoms with Gasteiger partial charge in [-0.1, -0.05) is 19.4 Å². The molecule has 110 valence electrons. The highest BCUT2D eigenvalue weighted by atomic mass is 19.1. The van der Waals surface area contributed by atoms with Crippen molar-refractivity contribution in [1.29, 1.82) is 0 Å². The lowest BCUT2D eigenvalue weighted by molar-refractivity contribution is 0.102. The van der Waals surface area contributed by atoms with Crippen molar-refractivity contribution in [2.75, 3.05) is 17.2 Å². The molecule has 2 rings (SSSR count). The zero-order valence-corrected chi connectivity index (χ0v) is 11.9. The standard InChI is InChI=1S/C16H18FN3O/c1-2-3-9-18-15-8-7-14(11-19-15)20-16(21)12-5-4-6-13(17)10-12/h4-8,10-11H,2-3,9H2,1H3,(H,18,19)(H,20,21). The fourth-order valence-electron chi connectivity index (χ4n) is 1.80. The van der Waals surface area contributed by atoms with Crippen LogP contribution in [0.4, 0.5) is 15.9 Å². The van der Waals surface area contributed by atoms with Gasteiger partial charge in [-0.25, -0.2) is 9.37 Å². The number of unbranched alkanes of at least 4 members (excludes halogenated alkanes) is 1. The van der Waals surface area contributed by atoms with Gasteiger partial charge in [-0.05, 0) is 36.8 Å². The molecule has 0 fully saturated rings. The second-order valence-electron chi connectivity index (χ2n) is 4.68. The summed E-state index contributed by atoms with van der Waals surface area (Å²) in [5, 5.41) is 5.88. The van der Waals surface area contributed by atoms with E-state index >= 15 is 0 Å². The number of hydrogen-bond acceptors (Lipinski definition) is 3. The molecule has 0 aliphatic rings. The average molecular weight is 287 g/mol. The molecular weight excluding hydrogens is 269 g/mol. The van der Waals surface area contributed by atoms with E-state index in [4.69, 9.17) is 0 Å². The number of anilines is 2. The summed E-state index contributed by atoms with van der Waals surface area (Å²) in [6.45, 7) is 3.00. The van der Waals surface area contributed by atoms with Crippen molar-refractivity contribution in [2.45, 2.75) is 19.8 Å². The molecule has 5 heteroatoms. The molecule has 0 atom stereocenters. The van der Waals surface area contributed by atoms with Gasteiger partial charge in [-0.2, -0.15) is 0 Å². The normalized spacial score (nSPS) is 10.2. The Morgan fingerprint density at radius 1 is 1.29 bits per heavy atom. The molecule has 0 saturated heterocycles. The lowest BCUT2D eigenvalue weighted by Crippen LogP contribution is -2.12. The molecule has 1 heterocycles. The summed E-state index contributed by atoms with van der Waals surface area (Å²) < 4.78 is 13.1. The van der Waals surface area contributed by atoms with Crippen LogP contribution in [-0.2, 0) is 0 Å². The summed E-state index contributed by atoms with van der Waals surface area (Å²) in [6, 6.07) is 9.13. The van der Waals surface area contributed by atoms with Crippen LogP contribution in [0.1, 0.15) is 30.1 Å². The molecule has 4 nitrogen and oxygen atoms in total. The van der Waals surface area contributed by atoms with Gasteiger partial charge < -0.3 is 10.6 Å². The highest BCUT2D eigenvalue weighted by Gasteiger charge is 2.07. The Bertz CT molecular complexity index is 599. The molecule has 0 spiro atoms. The van der Waals surface area contributed by atoms with Gasteiger partial charge in [-0.3, -0.25) is 4.79 Å². The lowest BCUT2D eigenvalue weighted by atomic mass is 10.2. The number of halogens is 1. The summed E-state index contributed by atoms with van der Waals surface area (Å²) in [4.78, 5) is 16.2. The van der Waals surface area contributed by atoms with Gasteiger partial charge in [0.15, 0.2) is 0 Å². The fourth-order valence-corrected chi connectivity index (χ4v) is 1.80. The number of amides is 1. The molecule has 0 aliphatic heterocycles. The summed E-state index contributed by atoms with van der Waals surface area (Å²) in [7, 11) is 0. The Labute approximate surface area is 123 Å². The number of carbonyl (C=O) groups excluding carboxylic acids is 1. The number of aromatic nitrogens is 1. The first-order valence-electron chi connectivity index (χ1n) is 6.96. The summed E-state index contributed by atoms with van der Waals surface area (Å²) >= 11 is 0. The number of carbonyl (C=O) groups is 1. The molecule has 2 aromatic rings. The van der Waals surface area contributed by atoms with Crippen LogP contribution in [0, 0.1) is 5.82 Å². The third-order valence-electron chi connectivity index (χ3n) is 2.94. The second kappa shape index (κ2) is 7.38. The second-order valence-corrected chi connectivity index (χ2v) is 4.68. The number of hydrogen-bond donors (Lipinski definition) is 2. The average Bonchev–Trinajstić information content (AvgIpc) is 2.49. The first-order valence-corrected chi connectivity index (χ1v) is 6.96. The molecule has 1 aromatic carbocycles. The van der Waals surface area contributed by atoms with E-state index in [2.05, 4.69) is 22.5 Å². The minimum atomic E-state index is -0.434. The first kappa shape index (κ1) is 15.0. The van der Waals surface area contributed by atoms with Crippen molar-refractivity contribution < 1.29 is 9.18 Å². The van der Waals surface area contributed by atoms with Gasteiger partial charge in [-0.15, -0.1) is 0 Å². The van der Waals surface area contributed by atoms with E-state index in [-0.39, 0.29) is 11.5 Å². The molecule has 0 aliphatic carbocycles. The van der Waals surface area contributed by atoms with E-state index in [1.54, 1.807) is 24.4 Å². The maximum atomic E-state index is 13.1. The molecule has 2 N–H and O–H groups in total. The number of rotatable bonds is 6. The fraction of sp³-hybridized carbons (Fsp3) is 0.250. The third-order valence-corrected chi connectivity index (χ3v) is 2.94. The Hall–Kier alpha value is -2.43. The van der Waals surface area contributed by atoms with Crippen LogP contribution in [0.5, 0.6) is 0 Å². The van der Waals surface area contributed by atoms with E-state index in [9.17, 15) is 9.18 Å². The first-order chi connectivity index (χ1) is 10.2. The van der Waals surface area contributed by atoms with Gasteiger partial charge in [0.25, 0.3) is 5.91 Å². The minimum absolute atomic E-state index is 0.278. The van der Waals surface area contributed by atoms with Crippen molar-refractivity contribution in [2.24, 2.45) is 0 Å². The zero-order chi connectivity index (χ0) is 15.1. The van der Waals surface area contributed by atoms with Crippen molar-refractivity contribution in [3.8, 4) is 0 Å². The van der Waals surface area contributed by atoms with Gasteiger partial charge >= 0.3 is 0 Å². The third kappa shape index (κ3) is 4.56. The van der Waals surface area contributed by atoms with E-state index in [0.29, 0.717) is 5.69 Å². The highest BCUT2D eigenvalue weighted by Crippen LogP contribution is 2.12. The van der Waals surface area contributed by atoms with Gasteiger partial charge in [0.2, 0.25) is 0 Å². The molecule has 1 amide bonds. The lowest BCUT2D eigenvalue weighted by Gasteiger charge is -2.07. The van der Waals surface area contributed by atoms with E-state index in [0.717, 1.165) is 25.2 Å². The van der Waals surface area contributed by atoms with Gasteiger partial charge in [0.05, 0.1) is 11.9 Å². The molecular formula is C16H18FN3O. The Balaban J connectivity index is 1.95. The molecule has 0 unspecified atom stereocenters. The molecule has 0 bridgehead atoms. The number of nitrogens with zero attached hydrogens (tertiary/aromatic N) is 1. The van der Waals surface area contributed by atoms with Crippen LogP contribution in [0.3, 0.4) is 0 Å². The smallest absolute Gasteiger partial charge is 0.255 e. The van der Waals surface area contributed by atoms with Gasteiger partial charge in [0.1, 0.15) is 11.6 Å². The number of pyridine rings is 1. The van der Waals surface area contributed by atoms with Crippen molar-refractivity contribution in [3.05, 3.63) is 54.0 Å². The zero-order valence-electron chi connectivity index (χ0n) is 11.9. The minimum Gasteiger partial charge on any atom is -0.370 e. The Kier molecular flexibility index (Phi) is 5.26. The predicted molar refractivity (Wildman–Crippen MR) is 82.0 cm³/mol. The molecule has 0 saturated carbocycles. The Morgan fingerprint density at radius 3 is 2.81 bits per heavy atom. The summed E-state index contributed by atoms with van der Waals surface area (Å²) in [6.07, 6.45) is 3.78. The van der Waals surface area contributed by atoms with E-state index in [1.165, 1.54) is 18.2 Å². The molecule has 21 heavy (non-hydrogen) atoms. The molecule has 1 aromatic heterocycles. The maximum absolute atomic E-state index is 13.1.